The first kappa shape index (κ1) is 17.9. The third kappa shape index (κ3) is 3.37. The predicted molar refractivity (Wildman–Crippen MR) is 97.7 cm³/mol. The number of hydrogen-bond donors (Lipinski definition) is 0. The number of amides is 4. The Morgan fingerprint density at radius 2 is 1.50 bits per heavy atom. The standard InChI is InChI=1S/C19H13ClN4O4/c20-14-8-6-13(7-9-14)16-21-15(28-22-16)11-24-18(26)17(25)23(19(24)27)10-12-4-2-1-3-5-12/h1-9H,10-11H2. The van der Waals surface area contributed by atoms with Crippen molar-refractivity contribution in [3.63, 3.8) is 0 Å². The molecule has 3 aromatic rings. The van der Waals surface area contributed by atoms with E-state index in [0.29, 0.717) is 16.4 Å². The summed E-state index contributed by atoms with van der Waals surface area (Å²) in [5.74, 6) is -1.47. The summed E-state index contributed by atoms with van der Waals surface area (Å²) in [5.41, 5.74) is 1.40. The van der Waals surface area contributed by atoms with Crippen LogP contribution in [0.1, 0.15) is 11.5 Å². The Hall–Kier alpha value is -3.52. The largest absolute Gasteiger partial charge is 0.337 e. The van der Waals surface area contributed by atoms with Gasteiger partial charge in [-0.25, -0.2) is 9.69 Å². The van der Waals surface area contributed by atoms with Crippen LogP contribution in [-0.2, 0) is 22.7 Å². The Labute approximate surface area is 164 Å². The maximum Gasteiger partial charge on any atom is 0.335 e. The van der Waals surface area contributed by atoms with Crippen molar-refractivity contribution < 1.29 is 18.9 Å². The molecule has 1 aromatic heterocycles. The summed E-state index contributed by atoms with van der Waals surface area (Å²) in [5, 5.41) is 4.40. The van der Waals surface area contributed by atoms with Gasteiger partial charge in [-0.05, 0) is 29.8 Å². The van der Waals surface area contributed by atoms with Gasteiger partial charge >= 0.3 is 17.8 Å². The lowest BCUT2D eigenvalue weighted by molar-refractivity contribution is -0.143. The summed E-state index contributed by atoms with van der Waals surface area (Å²) < 4.78 is 5.13. The first-order valence-electron chi connectivity index (χ1n) is 8.32. The highest BCUT2D eigenvalue weighted by Gasteiger charge is 2.45. The minimum Gasteiger partial charge on any atom is -0.337 e. The Bertz CT molecular complexity index is 1050. The van der Waals surface area contributed by atoms with Crippen LogP contribution < -0.4 is 0 Å². The van der Waals surface area contributed by atoms with Gasteiger partial charge in [-0.15, -0.1) is 0 Å². The second kappa shape index (κ2) is 7.24. The molecule has 0 spiro atoms. The lowest BCUT2D eigenvalue weighted by Crippen LogP contribution is -2.32. The number of hydrogen-bond acceptors (Lipinski definition) is 6. The minimum atomic E-state index is -0.924. The molecular formula is C19H13ClN4O4. The van der Waals surface area contributed by atoms with Gasteiger partial charge in [-0.3, -0.25) is 14.5 Å². The summed E-state index contributed by atoms with van der Waals surface area (Å²) >= 11 is 5.85. The van der Waals surface area contributed by atoms with Crippen LogP contribution in [0.15, 0.2) is 59.1 Å². The molecule has 28 heavy (non-hydrogen) atoms. The maximum absolute atomic E-state index is 12.6. The summed E-state index contributed by atoms with van der Waals surface area (Å²) in [7, 11) is 0. The summed E-state index contributed by atoms with van der Waals surface area (Å²) in [4.78, 5) is 42.9. The van der Waals surface area contributed by atoms with Gasteiger partial charge < -0.3 is 4.52 Å². The van der Waals surface area contributed by atoms with Gasteiger partial charge in [0.1, 0.15) is 6.54 Å². The Morgan fingerprint density at radius 1 is 0.857 bits per heavy atom. The third-order valence-corrected chi connectivity index (χ3v) is 4.43. The molecule has 8 nitrogen and oxygen atoms in total. The number of benzene rings is 2. The van der Waals surface area contributed by atoms with E-state index in [9.17, 15) is 14.4 Å². The molecule has 0 saturated carbocycles. The molecule has 1 aliphatic heterocycles. The molecule has 9 heteroatoms. The lowest BCUT2D eigenvalue weighted by atomic mass is 10.2. The lowest BCUT2D eigenvalue weighted by Gasteiger charge is -2.14. The third-order valence-electron chi connectivity index (χ3n) is 4.18. The zero-order valence-electron chi connectivity index (χ0n) is 14.4. The predicted octanol–water partition coefficient (Wildman–Crippen LogP) is 2.88. The van der Waals surface area contributed by atoms with Crippen LogP contribution in [0, 0.1) is 0 Å². The van der Waals surface area contributed by atoms with E-state index in [4.69, 9.17) is 16.1 Å². The van der Waals surface area contributed by atoms with E-state index in [1.165, 1.54) is 0 Å². The number of halogens is 1. The first-order valence-corrected chi connectivity index (χ1v) is 8.70. The van der Waals surface area contributed by atoms with Crippen molar-refractivity contribution in [1.82, 2.24) is 19.9 Å². The van der Waals surface area contributed by atoms with Crippen molar-refractivity contribution in [1.29, 1.82) is 0 Å². The summed E-state index contributed by atoms with van der Waals surface area (Å²) in [6, 6.07) is 15.0. The first-order chi connectivity index (χ1) is 13.5. The van der Waals surface area contributed by atoms with Crippen LogP contribution in [-0.4, -0.2) is 37.8 Å². The van der Waals surface area contributed by atoms with E-state index in [-0.39, 0.29) is 19.0 Å². The van der Waals surface area contributed by atoms with Crippen LogP contribution in [0.4, 0.5) is 4.79 Å². The molecule has 0 N–H and O–H groups in total. The average molecular weight is 397 g/mol. The van der Waals surface area contributed by atoms with E-state index in [2.05, 4.69) is 10.1 Å². The molecule has 0 aliphatic carbocycles. The fourth-order valence-electron chi connectivity index (χ4n) is 2.77. The average Bonchev–Trinajstić information content (AvgIpc) is 3.25. The zero-order chi connectivity index (χ0) is 19.7. The second-order valence-electron chi connectivity index (χ2n) is 6.07. The summed E-state index contributed by atoms with van der Waals surface area (Å²) in [6.07, 6.45) is 0. The second-order valence-corrected chi connectivity index (χ2v) is 6.51. The van der Waals surface area contributed by atoms with Crippen LogP contribution >= 0.6 is 11.6 Å². The number of carbonyl (C=O) groups excluding carboxylic acids is 3. The number of urea groups is 1. The molecule has 0 atom stereocenters. The van der Waals surface area contributed by atoms with E-state index in [1.54, 1.807) is 48.5 Å². The van der Waals surface area contributed by atoms with Gasteiger partial charge in [-0.2, -0.15) is 4.98 Å². The number of carbonyl (C=O) groups is 3. The van der Waals surface area contributed by atoms with Gasteiger partial charge in [0.15, 0.2) is 0 Å². The van der Waals surface area contributed by atoms with Crippen molar-refractivity contribution >= 4 is 29.4 Å². The monoisotopic (exact) mass is 396 g/mol. The molecule has 4 amide bonds. The molecule has 0 bridgehead atoms. The van der Waals surface area contributed by atoms with Crippen LogP contribution in [0.25, 0.3) is 11.4 Å². The Morgan fingerprint density at radius 3 is 2.18 bits per heavy atom. The smallest absolute Gasteiger partial charge is 0.335 e. The molecule has 2 aromatic carbocycles. The number of imide groups is 2. The minimum absolute atomic E-state index is 0.0145. The van der Waals surface area contributed by atoms with E-state index < -0.39 is 17.8 Å². The van der Waals surface area contributed by atoms with Crippen molar-refractivity contribution in [2.24, 2.45) is 0 Å². The number of rotatable bonds is 5. The van der Waals surface area contributed by atoms with Crippen molar-refractivity contribution in [2.45, 2.75) is 13.1 Å². The van der Waals surface area contributed by atoms with Gasteiger partial charge in [0.05, 0.1) is 6.54 Å². The molecule has 0 radical (unpaired) electrons. The normalized spacial score (nSPS) is 14.2. The van der Waals surface area contributed by atoms with Gasteiger partial charge in [0.25, 0.3) is 0 Å². The highest BCUT2D eigenvalue weighted by molar-refractivity contribution is 6.44. The topological polar surface area (TPSA) is 96.6 Å². The number of nitrogens with zero attached hydrogens (tertiary/aromatic N) is 4. The molecule has 4 rings (SSSR count). The Kier molecular flexibility index (Phi) is 4.62. The van der Waals surface area contributed by atoms with E-state index in [1.807, 2.05) is 6.07 Å². The van der Waals surface area contributed by atoms with Crippen LogP contribution in [0.5, 0.6) is 0 Å². The molecule has 1 saturated heterocycles. The molecule has 1 aliphatic rings. The zero-order valence-corrected chi connectivity index (χ0v) is 15.2. The molecule has 2 heterocycles. The summed E-state index contributed by atoms with van der Waals surface area (Å²) in [6.45, 7) is -0.268. The van der Waals surface area contributed by atoms with E-state index in [0.717, 1.165) is 15.4 Å². The van der Waals surface area contributed by atoms with Gasteiger partial charge in [0.2, 0.25) is 11.7 Å². The van der Waals surface area contributed by atoms with E-state index >= 15 is 0 Å². The SMILES string of the molecule is O=C1C(=O)N(Cc2nc(-c3ccc(Cl)cc3)no2)C(=O)N1Cc1ccccc1. The molecule has 1 fully saturated rings. The van der Waals surface area contributed by atoms with Crippen molar-refractivity contribution in [3.05, 3.63) is 71.1 Å². The van der Waals surface area contributed by atoms with Gasteiger partial charge in [-0.1, -0.05) is 47.1 Å². The fraction of sp³-hybridized carbons (Fsp3) is 0.105. The Balaban J connectivity index is 1.50. The van der Waals surface area contributed by atoms with Crippen molar-refractivity contribution in [2.75, 3.05) is 0 Å². The fourth-order valence-corrected chi connectivity index (χ4v) is 2.89. The van der Waals surface area contributed by atoms with Crippen molar-refractivity contribution in [3.8, 4) is 11.4 Å². The highest BCUT2D eigenvalue weighted by Crippen LogP contribution is 2.21. The molecular weight excluding hydrogens is 384 g/mol. The molecule has 0 unspecified atom stereocenters. The number of aromatic nitrogens is 2. The maximum atomic E-state index is 12.6. The quantitative estimate of drug-likeness (QED) is 0.486. The van der Waals surface area contributed by atoms with Crippen LogP contribution in [0.2, 0.25) is 5.02 Å². The van der Waals surface area contributed by atoms with Crippen LogP contribution in [0.3, 0.4) is 0 Å². The van der Waals surface area contributed by atoms with Gasteiger partial charge in [0, 0.05) is 10.6 Å². The highest BCUT2D eigenvalue weighted by atomic mass is 35.5. The molecule has 140 valence electrons.